The van der Waals surface area contributed by atoms with E-state index < -0.39 is 0 Å². The summed E-state index contributed by atoms with van der Waals surface area (Å²) in [7, 11) is 0. The normalized spacial score (nSPS) is 11.3. The Morgan fingerprint density at radius 2 is 2.21 bits per heavy atom. The predicted molar refractivity (Wildman–Crippen MR) is 80.1 cm³/mol. The molecule has 108 valence electrons. The second-order valence-electron chi connectivity index (χ2n) is 4.40. The number of carbonyl (C=O) groups is 1. The average Bonchev–Trinajstić information content (AvgIpc) is 2.36. The Kier molecular flexibility index (Phi) is 9.00. The third-order valence-corrected chi connectivity index (χ3v) is 2.45. The number of hydrogen-bond donors (Lipinski definition) is 2. The van der Waals surface area contributed by atoms with Crippen molar-refractivity contribution in [3.8, 4) is 5.75 Å². The second-order valence-corrected chi connectivity index (χ2v) is 4.40. The maximum Gasteiger partial charge on any atom is 0.251 e. The molecule has 1 amide bonds. The number of nitrogens with one attached hydrogen (secondary N) is 1. The molecule has 1 aromatic rings. The molecule has 5 heteroatoms. The summed E-state index contributed by atoms with van der Waals surface area (Å²) < 4.78 is 5.49. The molecule has 0 radical (unpaired) electrons. The van der Waals surface area contributed by atoms with Crippen molar-refractivity contribution in [2.75, 3.05) is 13.2 Å². The lowest BCUT2D eigenvalue weighted by Gasteiger charge is -2.09. The summed E-state index contributed by atoms with van der Waals surface area (Å²) in [6.07, 6.45) is 1.72. The van der Waals surface area contributed by atoms with Crippen LogP contribution in [0, 0.1) is 0 Å². The molecule has 0 spiro atoms. The van der Waals surface area contributed by atoms with Crippen LogP contribution in [-0.2, 0) is 0 Å². The van der Waals surface area contributed by atoms with Gasteiger partial charge in [-0.15, -0.1) is 12.4 Å². The third kappa shape index (κ3) is 7.03. The largest absolute Gasteiger partial charge is 0.494 e. The molecular weight excluding hydrogens is 264 g/mol. The minimum absolute atomic E-state index is 0. The van der Waals surface area contributed by atoms with Crippen molar-refractivity contribution in [3.05, 3.63) is 29.8 Å². The molecule has 0 heterocycles. The van der Waals surface area contributed by atoms with E-state index in [4.69, 9.17) is 10.5 Å². The smallest absolute Gasteiger partial charge is 0.251 e. The summed E-state index contributed by atoms with van der Waals surface area (Å²) in [6.45, 7) is 5.22. The van der Waals surface area contributed by atoms with Gasteiger partial charge < -0.3 is 15.8 Å². The van der Waals surface area contributed by atoms with Crippen LogP contribution < -0.4 is 15.8 Å². The maximum absolute atomic E-state index is 11.8. The molecule has 0 aromatic heterocycles. The lowest BCUT2D eigenvalue weighted by atomic mass is 10.2. The summed E-state index contributed by atoms with van der Waals surface area (Å²) >= 11 is 0. The van der Waals surface area contributed by atoms with Crippen LogP contribution >= 0.6 is 12.4 Å². The van der Waals surface area contributed by atoms with E-state index in [-0.39, 0.29) is 24.4 Å². The van der Waals surface area contributed by atoms with Crippen molar-refractivity contribution in [2.24, 2.45) is 5.73 Å². The van der Waals surface area contributed by atoms with E-state index in [1.807, 2.05) is 26.0 Å². The number of hydrogen-bond acceptors (Lipinski definition) is 3. The van der Waals surface area contributed by atoms with E-state index in [9.17, 15) is 4.79 Å². The minimum Gasteiger partial charge on any atom is -0.494 e. The highest BCUT2D eigenvalue weighted by atomic mass is 35.5. The number of amides is 1. The summed E-state index contributed by atoms with van der Waals surface area (Å²) in [6, 6.07) is 7.32. The average molecular weight is 287 g/mol. The quantitative estimate of drug-likeness (QED) is 0.809. The first kappa shape index (κ1) is 17.7. The fourth-order valence-electron chi connectivity index (χ4n) is 1.46. The van der Waals surface area contributed by atoms with Gasteiger partial charge in [0, 0.05) is 18.2 Å². The molecule has 1 atom stereocenters. The summed E-state index contributed by atoms with van der Waals surface area (Å²) in [5.74, 6) is 0.647. The van der Waals surface area contributed by atoms with E-state index in [0.717, 1.165) is 18.6 Å². The van der Waals surface area contributed by atoms with Crippen LogP contribution in [0.3, 0.4) is 0 Å². The van der Waals surface area contributed by atoms with Crippen LogP contribution in [0.25, 0.3) is 0 Å². The zero-order valence-electron chi connectivity index (χ0n) is 11.5. The van der Waals surface area contributed by atoms with Crippen LogP contribution in [0.4, 0.5) is 0 Å². The topological polar surface area (TPSA) is 64.3 Å². The number of rotatable bonds is 7. The van der Waals surface area contributed by atoms with Gasteiger partial charge in [0.2, 0.25) is 0 Å². The second kappa shape index (κ2) is 9.64. The van der Waals surface area contributed by atoms with Gasteiger partial charge in [0.25, 0.3) is 5.91 Å². The molecular formula is C14H23ClN2O2. The molecule has 0 aliphatic carbocycles. The Morgan fingerprint density at radius 3 is 2.84 bits per heavy atom. The van der Waals surface area contributed by atoms with Gasteiger partial charge in [-0.1, -0.05) is 13.0 Å². The molecule has 4 nitrogen and oxygen atoms in total. The monoisotopic (exact) mass is 286 g/mol. The summed E-state index contributed by atoms with van der Waals surface area (Å²) in [4.78, 5) is 11.8. The highest BCUT2D eigenvalue weighted by Gasteiger charge is 2.06. The van der Waals surface area contributed by atoms with Crippen LogP contribution in [-0.4, -0.2) is 25.1 Å². The van der Waals surface area contributed by atoms with Crippen molar-refractivity contribution in [1.82, 2.24) is 5.32 Å². The van der Waals surface area contributed by atoms with Crippen molar-refractivity contribution >= 4 is 18.3 Å². The fourth-order valence-corrected chi connectivity index (χ4v) is 1.46. The Hall–Kier alpha value is -1.26. The Morgan fingerprint density at radius 1 is 1.47 bits per heavy atom. The van der Waals surface area contributed by atoms with Gasteiger partial charge in [0.15, 0.2) is 0 Å². The van der Waals surface area contributed by atoms with Crippen molar-refractivity contribution in [2.45, 2.75) is 32.7 Å². The van der Waals surface area contributed by atoms with Gasteiger partial charge in [0.05, 0.1) is 6.61 Å². The highest BCUT2D eigenvalue weighted by Crippen LogP contribution is 2.13. The van der Waals surface area contributed by atoms with Gasteiger partial charge in [-0.05, 0) is 38.0 Å². The van der Waals surface area contributed by atoms with Crippen LogP contribution in [0.15, 0.2) is 24.3 Å². The Labute approximate surface area is 121 Å². The van der Waals surface area contributed by atoms with Gasteiger partial charge >= 0.3 is 0 Å². The predicted octanol–water partition coefficient (Wildman–Crippen LogP) is 2.36. The molecule has 0 saturated carbocycles. The molecule has 0 fully saturated rings. The fraction of sp³-hybridized carbons (Fsp3) is 0.500. The molecule has 1 aromatic carbocycles. The number of halogens is 1. The van der Waals surface area contributed by atoms with Crippen molar-refractivity contribution in [3.63, 3.8) is 0 Å². The number of benzene rings is 1. The van der Waals surface area contributed by atoms with E-state index in [1.54, 1.807) is 12.1 Å². The van der Waals surface area contributed by atoms with E-state index >= 15 is 0 Å². The Bertz CT molecular complexity index is 383. The van der Waals surface area contributed by atoms with Crippen LogP contribution in [0.5, 0.6) is 5.75 Å². The van der Waals surface area contributed by atoms with E-state index in [2.05, 4.69) is 5.32 Å². The first-order valence-electron chi connectivity index (χ1n) is 6.40. The lowest BCUT2D eigenvalue weighted by Crippen LogP contribution is -2.28. The molecule has 19 heavy (non-hydrogen) atoms. The van der Waals surface area contributed by atoms with Crippen LogP contribution in [0.1, 0.15) is 37.0 Å². The Balaban J connectivity index is 0.00000324. The third-order valence-electron chi connectivity index (χ3n) is 2.45. The van der Waals surface area contributed by atoms with Crippen LogP contribution in [0.2, 0.25) is 0 Å². The van der Waals surface area contributed by atoms with Gasteiger partial charge in [-0.2, -0.15) is 0 Å². The molecule has 0 aliphatic rings. The first-order valence-corrected chi connectivity index (χ1v) is 6.40. The lowest BCUT2D eigenvalue weighted by molar-refractivity contribution is 0.0952. The van der Waals surface area contributed by atoms with Gasteiger partial charge in [-0.3, -0.25) is 4.79 Å². The SMILES string of the molecule is CCCOc1cccc(C(=O)NCCC(C)N)c1.Cl. The number of nitrogens with two attached hydrogens (primary N) is 1. The van der Waals surface area contributed by atoms with Crippen molar-refractivity contribution in [1.29, 1.82) is 0 Å². The van der Waals surface area contributed by atoms with Gasteiger partial charge in [-0.25, -0.2) is 0 Å². The highest BCUT2D eigenvalue weighted by molar-refractivity contribution is 5.94. The molecule has 1 rings (SSSR count). The number of ether oxygens (including phenoxy) is 1. The molecule has 3 N–H and O–H groups in total. The zero-order valence-corrected chi connectivity index (χ0v) is 12.3. The summed E-state index contributed by atoms with van der Waals surface area (Å²) in [5, 5.41) is 2.84. The van der Waals surface area contributed by atoms with Gasteiger partial charge in [0.1, 0.15) is 5.75 Å². The molecule has 1 unspecified atom stereocenters. The maximum atomic E-state index is 11.8. The first-order chi connectivity index (χ1) is 8.63. The molecule has 0 saturated heterocycles. The number of carbonyl (C=O) groups excluding carboxylic acids is 1. The summed E-state index contributed by atoms with van der Waals surface area (Å²) in [5.41, 5.74) is 6.24. The molecule has 0 bridgehead atoms. The zero-order chi connectivity index (χ0) is 13.4. The minimum atomic E-state index is -0.0856. The van der Waals surface area contributed by atoms with E-state index in [1.165, 1.54) is 0 Å². The molecule has 0 aliphatic heterocycles. The van der Waals surface area contributed by atoms with E-state index in [0.29, 0.717) is 18.7 Å². The van der Waals surface area contributed by atoms with Crippen molar-refractivity contribution < 1.29 is 9.53 Å². The standard InChI is InChI=1S/C14H22N2O2.ClH/c1-3-9-18-13-6-4-5-12(10-13)14(17)16-8-7-11(2)15;/h4-6,10-11H,3,7-9,15H2,1-2H3,(H,16,17);1H.